The fraction of sp³-hybridized carbons (Fsp3) is 0.409. The highest BCUT2D eigenvalue weighted by Gasteiger charge is 2.47. The molecule has 2 aliphatic heterocycles. The highest BCUT2D eigenvalue weighted by molar-refractivity contribution is 6.11. The van der Waals surface area contributed by atoms with Crippen molar-refractivity contribution in [3.05, 3.63) is 47.9 Å². The number of aromatic nitrogens is 3. The maximum atomic E-state index is 13.1. The zero-order valence-corrected chi connectivity index (χ0v) is 18.5. The smallest absolute Gasteiger partial charge is 0.256 e. The number of amides is 1. The highest BCUT2D eigenvalue weighted by atomic mass is 16.5. The summed E-state index contributed by atoms with van der Waals surface area (Å²) < 4.78 is 12.5. The molecule has 0 aliphatic carbocycles. The molecule has 0 bridgehead atoms. The lowest BCUT2D eigenvalue weighted by Gasteiger charge is -2.31. The van der Waals surface area contributed by atoms with E-state index >= 15 is 0 Å². The van der Waals surface area contributed by atoms with Crippen LogP contribution in [0.1, 0.15) is 12.5 Å². The maximum Gasteiger partial charge on any atom is 0.256 e. The fourth-order valence-corrected chi connectivity index (χ4v) is 3.89. The van der Waals surface area contributed by atoms with E-state index in [4.69, 9.17) is 9.47 Å². The first-order chi connectivity index (χ1) is 14.8. The first-order valence-electron chi connectivity index (χ1n) is 10.1. The predicted octanol–water partition coefficient (Wildman–Crippen LogP) is 1.53. The van der Waals surface area contributed by atoms with Crippen molar-refractivity contribution < 1.29 is 14.3 Å². The van der Waals surface area contributed by atoms with Crippen LogP contribution in [0.15, 0.2) is 42.4 Å². The Bertz CT molecular complexity index is 1060. The van der Waals surface area contributed by atoms with Gasteiger partial charge in [0.05, 0.1) is 44.7 Å². The standard InChI is InChI=1S/C22H28N6O3/c1-22-14-28(16-12-24-27(13-16)9-8-26(2)3)21(29)17(22)6-7-18(25-22)15-10-19(30-4)20(31-5)23-11-15/h6-7,10-13,25H,8-9,14H2,1-5H3. The number of methoxy groups -OCH3 is 2. The van der Waals surface area contributed by atoms with Crippen LogP contribution in [0.5, 0.6) is 11.6 Å². The quantitative estimate of drug-likeness (QED) is 0.722. The number of ether oxygens (including phenoxy) is 2. The lowest BCUT2D eigenvalue weighted by molar-refractivity contribution is -0.114. The lowest BCUT2D eigenvalue weighted by Crippen LogP contribution is -2.46. The van der Waals surface area contributed by atoms with E-state index in [0.717, 1.165) is 35.6 Å². The van der Waals surface area contributed by atoms with Crippen molar-refractivity contribution in [2.24, 2.45) is 0 Å². The van der Waals surface area contributed by atoms with Crippen LogP contribution < -0.4 is 19.7 Å². The van der Waals surface area contributed by atoms with Gasteiger partial charge in [0, 0.05) is 35.8 Å². The van der Waals surface area contributed by atoms with E-state index in [-0.39, 0.29) is 5.91 Å². The molecule has 4 heterocycles. The number of hydrogen-bond donors (Lipinski definition) is 1. The Morgan fingerprint density at radius 3 is 2.74 bits per heavy atom. The Balaban J connectivity index is 1.55. The summed E-state index contributed by atoms with van der Waals surface area (Å²) in [6.07, 6.45) is 9.20. The zero-order valence-electron chi connectivity index (χ0n) is 18.5. The third kappa shape index (κ3) is 3.88. The Hall–Kier alpha value is -3.33. The number of fused-ring (bicyclic) bond motifs is 1. The number of nitrogens with one attached hydrogen (secondary N) is 1. The second kappa shape index (κ2) is 8.07. The van der Waals surface area contributed by atoms with Crippen molar-refractivity contribution >= 4 is 17.3 Å². The Morgan fingerprint density at radius 2 is 2.03 bits per heavy atom. The molecule has 1 amide bonds. The van der Waals surface area contributed by atoms with Crippen LogP contribution in [0.25, 0.3) is 5.70 Å². The molecule has 1 N–H and O–H groups in total. The third-order valence-corrected chi connectivity index (χ3v) is 5.62. The van der Waals surface area contributed by atoms with E-state index in [0.29, 0.717) is 18.2 Å². The molecule has 2 aliphatic rings. The molecule has 0 radical (unpaired) electrons. The van der Waals surface area contributed by atoms with Crippen LogP contribution in [0.3, 0.4) is 0 Å². The number of dihydropyridines is 1. The van der Waals surface area contributed by atoms with Crippen molar-refractivity contribution in [3.63, 3.8) is 0 Å². The Morgan fingerprint density at radius 1 is 1.23 bits per heavy atom. The summed E-state index contributed by atoms with van der Waals surface area (Å²) in [6.45, 7) is 4.20. The largest absolute Gasteiger partial charge is 0.491 e. The van der Waals surface area contributed by atoms with Gasteiger partial charge in [0.1, 0.15) is 0 Å². The second-order valence-electron chi connectivity index (χ2n) is 8.21. The van der Waals surface area contributed by atoms with Gasteiger partial charge in [-0.3, -0.25) is 9.48 Å². The van der Waals surface area contributed by atoms with Gasteiger partial charge in [0.25, 0.3) is 11.8 Å². The number of carbonyl (C=O) groups excluding carboxylic acids is 1. The van der Waals surface area contributed by atoms with Gasteiger partial charge in [-0.1, -0.05) is 0 Å². The number of nitrogens with zero attached hydrogens (tertiary/aromatic N) is 5. The lowest BCUT2D eigenvalue weighted by atomic mass is 9.90. The second-order valence-corrected chi connectivity index (χ2v) is 8.21. The molecule has 2 aromatic heterocycles. The minimum absolute atomic E-state index is 0.0112. The number of allylic oxidation sites excluding steroid dienone is 2. The van der Waals surface area contributed by atoms with Crippen molar-refractivity contribution in [2.75, 3.05) is 46.3 Å². The molecule has 0 saturated carbocycles. The predicted molar refractivity (Wildman–Crippen MR) is 118 cm³/mol. The van der Waals surface area contributed by atoms with E-state index in [1.165, 1.54) is 0 Å². The van der Waals surface area contributed by atoms with E-state index in [1.807, 2.05) is 50.1 Å². The van der Waals surface area contributed by atoms with E-state index < -0.39 is 5.54 Å². The molecule has 1 atom stereocenters. The molecule has 0 spiro atoms. The summed E-state index contributed by atoms with van der Waals surface area (Å²) in [5.74, 6) is 0.971. The van der Waals surface area contributed by atoms with Gasteiger partial charge >= 0.3 is 0 Å². The molecule has 2 aromatic rings. The molecule has 31 heavy (non-hydrogen) atoms. The van der Waals surface area contributed by atoms with Crippen molar-refractivity contribution in [2.45, 2.75) is 19.0 Å². The Kier molecular flexibility index (Phi) is 5.45. The molecule has 1 unspecified atom stereocenters. The average molecular weight is 425 g/mol. The minimum atomic E-state index is -0.528. The number of anilines is 1. The monoisotopic (exact) mass is 424 g/mol. The molecule has 0 aromatic carbocycles. The van der Waals surface area contributed by atoms with Crippen LogP contribution in [0.2, 0.25) is 0 Å². The number of rotatable bonds is 7. The van der Waals surface area contributed by atoms with Gasteiger partial charge < -0.3 is 24.6 Å². The van der Waals surface area contributed by atoms with Gasteiger partial charge in [0.15, 0.2) is 5.75 Å². The summed E-state index contributed by atoms with van der Waals surface area (Å²) in [4.78, 5) is 21.3. The van der Waals surface area contributed by atoms with Crippen LogP contribution >= 0.6 is 0 Å². The summed E-state index contributed by atoms with van der Waals surface area (Å²) in [6, 6.07) is 1.87. The molecular formula is C22H28N6O3. The summed E-state index contributed by atoms with van der Waals surface area (Å²) in [5, 5.41) is 7.95. The van der Waals surface area contributed by atoms with Crippen molar-refractivity contribution in [1.29, 1.82) is 0 Å². The summed E-state index contributed by atoms with van der Waals surface area (Å²) in [5.41, 5.74) is 2.73. The maximum absolute atomic E-state index is 13.1. The molecule has 1 saturated heterocycles. The van der Waals surface area contributed by atoms with Gasteiger partial charge in [-0.25, -0.2) is 4.98 Å². The van der Waals surface area contributed by atoms with Crippen LogP contribution in [0, 0.1) is 0 Å². The van der Waals surface area contributed by atoms with Crippen molar-refractivity contribution in [1.82, 2.24) is 25.0 Å². The van der Waals surface area contributed by atoms with Crippen LogP contribution in [-0.4, -0.2) is 72.5 Å². The van der Waals surface area contributed by atoms with Crippen LogP contribution in [-0.2, 0) is 11.3 Å². The van der Waals surface area contributed by atoms with E-state index in [9.17, 15) is 4.79 Å². The number of hydrogen-bond acceptors (Lipinski definition) is 7. The third-order valence-electron chi connectivity index (χ3n) is 5.62. The number of pyridine rings is 1. The van der Waals surface area contributed by atoms with Gasteiger partial charge in [-0.05, 0) is 39.2 Å². The summed E-state index contributed by atoms with van der Waals surface area (Å²) in [7, 11) is 7.19. The first kappa shape index (κ1) is 20.9. The molecule has 9 heteroatoms. The normalized spacial score (nSPS) is 20.3. The average Bonchev–Trinajstić information content (AvgIpc) is 3.33. The zero-order chi connectivity index (χ0) is 22.2. The molecule has 164 valence electrons. The molecular weight excluding hydrogens is 396 g/mol. The van der Waals surface area contributed by atoms with Gasteiger partial charge in [-0.2, -0.15) is 5.10 Å². The fourth-order valence-electron chi connectivity index (χ4n) is 3.89. The van der Waals surface area contributed by atoms with E-state index in [1.54, 1.807) is 31.5 Å². The Labute approximate surface area is 181 Å². The first-order valence-corrected chi connectivity index (χ1v) is 10.1. The van der Waals surface area contributed by atoms with Gasteiger partial charge in [0.2, 0.25) is 0 Å². The molecule has 4 rings (SSSR count). The number of likely N-dealkylation sites (N-methyl/N-ethyl adjacent to an activating group) is 1. The molecule has 9 nitrogen and oxygen atoms in total. The number of carbonyl (C=O) groups is 1. The molecule has 1 fully saturated rings. The van der Waals surface area contributed by atoms with Crippen molar-refractivity contribution in [3.8, 4) is 11.6 Å². The van der Waals surface area contributed by atoms with Crippen LogP contribution in [0.4, 0.5) is 5.69 Å². The topological polar surface area (TPSA) is 84.8 Å². The summed E-state index contributed by atoms with van der Waals surface area (Å²) >= 11 is 0. The van der Waals surface area contributed by atoms with E-state index in [2.05, 4.69) is 20.3 Å². The highest BCUT2D eigenvalue weighted by Crippen LogP contribution is 2.37. The van der Waals surface area contributed by atoms with Gasteiger partial charge in [-0.15, -0.1) is 0 Å². The SMILES string of the molecule is COc1cc(C2=CC=C3C(=O)N(c4cnn(CCN(C)C)c4)CC3(C)N2)cnc1OC. The minimum Gasteiger partial charge on any atom is -0.491 e.